The van der Waals surface area contributed by atoms with E-state index >= 15 is 0 Å². The van der Waals surface area contributed by atoms with Crippen LogP contribution in [0.2, 0.25) is 0 Å². The van der Waals surface area contributed by atoms with Gasteiger partial charge in [-0.2, -0.15) is 0 Å². The number of likely N-dealkylation sites (tertiary alicyclic amines) is 1. The average molecular weight is 377 g/mol. The standard InChI is InChI=1S/C21H23N5O2/c1-14-3-4-17-18(9-14)24-19(23-17)13-25(2)21(28)16-10-20(27)26(12-16)11-15-5-7-22-8-6-15/h3-9,16H,10-13H2,1-2H3,(H,23,24). The largest absolute Gasteiger partial charge is 0.340 e. The first-order valence-electron chi connectivity index (χ1n) is 9.36. The molecule has 3 aromatic rings. The number of imidazole rings is 1. The molecule has 4 rings (SSSR count). The molecule has 1 aromatic carbocycles. The van der Waals surface area contributed by atoms with E-state index in [0.717, 1.165) is 28.0 Å². The van der Waals surface area contributed by atoms with Gasteiger partial charge in [-0.25, -0.2) is 4.98 Å². The summed E-state index contributed by atoms with van der Waals surface area (Å²) >= 11 is 0. The number of hydrogen-bond acceptors (Lipinski definition) is 4. The lowest BCUT2D eigenvalue weighted by molar-refractivity contribution is -0.135. The SMILES string of the molecule is Cc1ccc2nc(CN(C)C(=O)C3CC(=O)N(Cc4ccncc4)C3)[nH]c2c1. The Hall–Kier alpha value is -3.22. The number of aryl methyl sites for hydroxylation is 1. The second-order valence-corrected chi connectivity index (χ2v) is 7.43. The van der Waals surface area contributed by atoms with Crippen molar-refractivity contribution in [2.24, 2.45) is 5.92 Å². The Bertz CT molecular complexity index is 1010. The molecule has 28 heavy (non-hydrogen) atoms. The fourth-order valence-corrected chi connectivity index (χ4v) is 3.66. The van der Waals surface area contributed by atoms with E-state index in [-0.39, 0.29) is 24.2 Å². The summed E-state index contributed by atoms with van der Waals surface area (Å²) in [6.07, 6.45) is 3.68. The second-order valence-electron chi connectivity index (χ2n) is 7.43. The van der Waals surface area contributed by atoms with Gasteiger partial charge < -0.3 is 14.8 Å². The molecule has 1 unspecified atom stereocenters. The van der Waals surface area contributed by atoms with Crippen LogP contribution in [0.3, 0.4) is 0 Å². The molecule has 1 atom stereocenters. The van der Waals surface area contributed by atoms with Gasteiger partial charge in [-0.15, -0.1) is 0 Å². The van der Waals surface area contributed by atoms with Crippen LogP contribution in [0.1, 0.15) is 23.4 Å². The first kappa shape index (κ1) is 18.2. The molecular weight excluding hydrogens is 354 g/mol. The van der Waals surface area contributed by atoms with Gasteiger partial charge in [0.15, 0.2) is 0 Å². The van der Waals surface area contributed by atoms with Gasteiger partial charge in [0.25, 0.3) is 0 Å². The van der Waals surface area contributed by atoms with E-state index < -0.39 is 0 Å². The van der Waals surface area contributed by atoms with Gasteiger partial charge >= 0.3 is 0 Å². The van der Waals surface area contributed by atoms with E-state index in [1.807, 2.05) is 37.3 Å². The lowest BCUT2D eigenvalue weighted by Gasteiger charge is -2.20. The molecular formula is C21H23N5O2. The Kier molecular flexibility index (Phi) is 4.81. The summed E-state index contributed by atoms with van der Waals surface area (Å²) in [7, 11) is 1.76. The molecule has 1 aliphatic heterocycles. The van der Waals surface area contributed by atoms with Crippen molar-refractivity contribution in [3.05, 3.63) is 59.7 Å². The maximum Gasteiger partial charge on any atom is 0.228 e. The topological polar surface area (TPSA) is 82.2 Å². The molecule has 2 amide bonds. The molecule has 1 saturated heterocycles. The third-order valence-electron chi connectivity index (χ3n) is 5.14. The van der Waals surface area contributed by atoms with Gasteiger partial charge in [0.2, 0.25) is 11.8 Å². The summed E-state index contributed by atoms with van der Waals surface area (Å²) in [5, 5.41) is 0. The summed E-state index contributed by atoms with van der Waals surface area (Å²) < 4.78 is 0. The van der Waals surface area contributed by atoms with Gasteiger partial charge in [-0.05, 0) is 42.3 Å². The van der Waals surface area contributed by atoms with E-state index in [1.165, 1.54) is 0 Å². The molecule has 7 heteroatoms. The number of nitrogens with zero attached hydrogens (tertiary/aromatic N) is 4. The van der Waals surface area contributed by atoms with Crippen molar-refractivity contribution in [3.63, 3.8) is 0 Å². The summed E-state index contributed by atoms with van der Waals surface area (Å²) in [4.78, 5) is 40.4. The van der Waals surface area contributed by atoms with E-state index in [2.05, 4.69) is 15.0 Å². The maximum absolute atomic E-state index is 12.9. The fraction of sp³-hybridized carbons (Fsp3) is 0.333. The van der Waals surface area contributed by atoms with Crippen molar-refractivity contribution in [3.8, 4) is 0 Å². The molecule has 1 N–H and O–H groups in total. The van der Waals surface area contributed by atoms with Crippen molar-refractivity contribution in [1.82, 2.24) is 24.8 Å². The molecule has 7 nitrogen and oxygen atoms in total. The number of fused-ring (bicyclic) bond motifs is 1. The molecule has 0 radical (unpaired) electrons. The normalized spacial score (nSPS) is 16.7. The number of amides is 2. The minimum absolute atomic E-state index is 0.0165. The summed E-state index contributed by atoms with van der Waals surface area (Å²) in [6.45, 7) is 3.38. The van der Waals surface area contributed by atoms with Crippen molar-refractivity contribution in [1.29, 1.82) is 0 Å². The minimum atomic E-state index is -0.314. The molecule has 1 aliphatic rings. The molecule has 144 valence electrons. The van der Waals surface area contributed by atoms with Gasteiger partial charge in [0, 0.05) is 39.0 Å². The smallest absolute Gasteiger partial charge is 0.228 e. The number of carbonyl (C=O) groups excluding carboxylic acids is 2. The maximum atomic E-state index is 12.9. The van der Waals surface area contributed by atoms with Gasteiger partial charge in [0.1, 0.15) is 5.82 Å². The molecule has 0 aliphatic carbocycles. The van der Waals surface area contributed by atoms with Crippen LogP contribution in [0.4, 0.5) is 0 Å². The number of aromatic nitrogens is 3. The number of benzene rings is 1. The minimum Gasteiger partial charge on any atom is -0.340 e. The quantitative estimate of drug-likeness (QED) is 0.739. The summed E-state index contributed by atoms with van der Waals surface area (Å²) in [6, 6.07) is 9.80. The lowest BCUT2D eigenvalue weighted by Crippen LogP contribution is -2.34. The Morgan fingerprint density at radius 2 is 2.07 bits per heavy atom. The van der Waals surface area contributed by atoms with E-state index in [0.29, 0.717) is 19.6 Å². The molecule has 2 aromatic heterocycles. The number of nitrogens with one attached hydrogen (secondary N) is 1. The van der Waals surface area contributed by atoms with Crippen LogP contribution in [0.5, 0.6) is 0 Å². The predicted octanol–water partition coefficient (Wildman–Crippen LogP) is 2.27. The van der Waals surface area contributed by atoms with Crippen molar-refractivity contribution < 1.29 is 9.59 Å². The number of carbonyl (C=O) groups is 2. The third kappa shape index (κ3) is 3.74. The highest BCUT2D eigenvalue weighted by Crippen LogP contribution is 2.22. The Balaban J connectivity index is 1.40. The van der Waals surface area contributed by atoms with Crippen LogP contribution in [0.15, 0.2) is 42.7 Å². The van der Waals surface area contributed by atoms with E-state index in [4.69, 9.17) is 0 Å². The number of H-pyrrole nitrogens is 1. The first-order chi connectivity index (χ1) is 13.5. The molecule has 1 fully saturated rings. The van der Waals surface area contributed by atoms with Crippen molar-refractivity contribution in [2.75, 3.05) is 13.6 Å². The van der Waals surface area contributed by atoms with Gasteiger partial charge in [-0.1, -0.05) is 6.07 Å². The van der Waals surface area contributed by atoms with E-state index in [1.54, 1.807) is 29.2 Å². The summed E-state index contributed by atoms with van der Waals surface area (Å²) in [5.41, 5.74) is 4.03. The van der Waals surface area contributed by atoms with Gasteiger partial charge in [0.05, 0.1) is 23.5 Å². The molecule has 0 bridgehead atoms. The highest BCUT2D eigenvalue weighted by atomic mass is 16.2. The van der Waals surface area contributed by atoms with Crippen LogP contribution >= 0.6 is 0 Å². The third-order valence-corrected chi connectivity index (χ3v) is 5.14. The number of rotatable bonds is 5. The van der Waals surface area contributed by atoms with Crippen LogP contribution in [0.25, 0.3) is 11.0 Å². The van der Waals surface area contributed by atoms with Gasteiger partial charge in [-0.3, -0.25) is 14.6 Å². The Morgan fingerprint density at radius 3 is 2.86 bits per heavy atom. The Labute approximate surface area is 163 Å². The first-order valence-corrected chi connectivity index (χ1v) is 9.36. The molecule has 0 spiro atoms. The predicted molar refractivity (Wildman–Crippen MR) is 105 cm³/mol. The van der Waals surface area contributed by atoms with Crippen LogP contribution < -0.4 is 0 Å². The Morgan fingerprint density at radius 1 is 1.29 bits per heavy atom. The zero-order valence-electron chi connectivity index (χ0n) is 16.1. The van der Waals surface area contributed by atoms with E-state index in [9.17, 15) is 9.59 Å². The zero-order chi connectivity index (χ0) is 19.7. The number of pyridine rings is 1. The zero-order valence-corrected chi connectivity index (χ0v) is 16.1. The highest BCUT2D eigenvalue weighted by molar-refractivity contribution is 5.89. The van der Waals surface area contributed by atoms with Crippen molar-refractivity contribution in [2.45, 2.75) is 26.4 Å². The monoisotopic (exact) mass is 377 g/mol. The fourth-order valence-electron chi connectivity index (χ4n) is 3.66. The second kappa shape index (κ2) is 7.42. The highest BCUT2D eigenvalue weighted by Gasteiger charge is 2.35. The molecule has 0 saturated carbocycles. The van der Waals surface area contributed by atoms with Crippen molar-refractivity contribution >= 4 is 22.8 Å². The lowest BCUT2D eigenvalue weighted by atomic mass is 10.1. The van der Waals surface area contributed by atoms with Crippen LogP contribution in [-0.2, 0) is 22.7 Å². The van der Waals surface area contributed by atoms with Crippen LogP contribution in [-0.4, -0.2) is 50.2 Å². The molecule has 3 heterocycles. The number of aromatic amines is 1. The summed E-state index contributed by atoms with van der Waals surface area (Å²) in [5.74, 6) is 0.422. The number of hydrogen-bond donors (Lipinski definition) is 1. The average Bonchev–Trinajstić information content (AvgIpc) is 3.24. The van der Waals surface area contributed by atoms with Crippen LogP contribution in [0, 0.1) is 12.8 Å².